The fourth-order valence-corrected chi connectivity index (χ4v) is 4.60. The van der Waals surface area contributed by atoms with E-state index in [0.717, 1.165) is 11.1 Å². The summed E-state index contributed by atoms with van der Waals surface area (Å²) in [6.07, 6.45) is 0.585. The second kappa shape index (κ2) is 9.07. The Morgan fingerprint density at radius 3 is 2.39 bits per heavy atom. The Bertz CT molecular complexity index is 1210. The Morgan fingerprint density at radius 1 is 1.03 bits per heavy atom. The predicted octanol–water partition coefficient (Wildman–Crippen LogP) is 1.89. The molecule has 3 aromatic rings. The number of morpholine rings is 1. The number of nitrogens with one attached hydrogen (secondary N) is 2. The molecule has 0 amide bonds. The molecule has 8 heteroatoms. The lowest BCUT2D eigenvalue weighted by Gasteiger charge is -2.32. The average Bonchev–Trinajstić information content (AvgIpc) is 3.33. The molecule has 33 heavy (non-hydrogen) atoms. The first-order valence-electron chi connectivity index (χ1n) is 11.1. The summed E-state index contributed by atoms with van der Waals surface area (Å²) >= 11 is 0. The molecule has 0 spiro atoms. The molecular formula is C25H27N3O5. The van der Waals surface area contributed by atoms with Gasteiger partial charge in [0.2, 0.25) is 0 Å². The molecule has 0 saturated carbocycles. The van der Waals surface area contributed by atoms with Crippen LogP contribution in [0.5, 0.6) is 0 Å². The lowest BCUT2D eigenvalue weighted by molar-refractivity contribution is -0.155. The van der Waals surface area contributed by atoms with Crippen LogP contribution < -0.4 is 16.6 Å². The van der Waals surface area contributed by atoms with E-state index in [4.69, 9.17) is 14.2 Å². The SMILES string of the molecule is Cc1cn([C@@H]2O[C@@]3(COCc4ccccc4)CN[C@@H]2[C@@H]3OCc2ccccc2)c(=O)[nH]c1=O. The van der Waals surface area contributed by atoms with Gasteiger partial charge in [0.15, 0.2) is 6.23 Å². The Balaban J connectivity index is 1.39. The Kier molecular flexibility index (Phi) is 5.99. The molecule has 2 aliphatic heterocycles. The van der Waals surface area contributed by atoms with Gasteiger partial charge in [-0.25, -0.2) is 4.79 Å². The fraction of sp³-hybridized carbons (Fsp3) is 0.360. The molecule has 0 aliphatic carbocycles. The third kappa shape index (κ3) is 4.30. The maximum absolute atomic E-state index is 12.6. The molecule has 4 atom stereocenters. The third-order valence-corrected chi connectivity index (χ3v) is 6.29. The molecule has 3 heterocycles. The second-order valence-corrected chi connectivity index (χ2v) is 8.65. The lowest BCUT2D eigenvalue weighted by Crippen LogP contribution is -2.48. The molecule has 5 rings (SSSR count). The molecule has 0 radical (unpaired) electrons. The van der Waals surface area contributed by atoms with Crippen molar-refractivity contribution in [2.24, 2.45) is 0 Å². The van der Waals surface area contributed by atoms with Crippen LogP contribution in [-0.2, 0) is 27.4 Å². The number of H-pyrrole nitrogens is 1. The van der Waals surface area contributed by atoms with Crippen molar-refractivity contribution in [3.8, 4) is 0 Å². The Hall–Kier alpha value is -3.04. The summed E-state index contributed by atoms with van der Waals surface area (Å²) in [6, 6.07) is 19.6. The predicted molar refractivity (Wildman–Crippen MR) is 122 cm³/mol. The van der Waals surface area contributed by atoms with Crippen LogP contribution >= 0.6 is 0 Å². The van der Waals surface area contributed by atoms with Crippen molar-refractivity contribution in [1.82, 2.24) is 14.9 Å². The maximum Gasteiger partial charge on any atom is 0.330 e. The summed E-state index contributed by atoms with van der Waals surface area (Å²) in [5.74, 6) is 0. The number of benzene rings is 2. The lowest BCUT2D eigenvalue weighted by atomic mass is 10.00. The molecule has 2 bridgehead atoms. The van der Waals surface area contributed by atoms with Crippen LogP contribution in [0.2, 0.25) is 0 Å². The van der Waals surface area contributed by atoms with Gasteiger partial charge < -0.3 is 19.5 Å². The summed E-state index contributed by atoms with van der Waals surface area (Å²) in [7, 11) is 0. The number of aryl methyl sites for hydroxylation is 1. The number of nitrogens with zero attached hydrogens (tertiary/aromatic N) is 1. The van der Waals surface area contributed by atoms with Crippen molar-refractivity contribution in [2.45, 2.75) is 44.1 Å². The van der Waals surface area contributed by atoms with Gasteiger partial charge in [0, 0.05) is 18.3 Å². The maximum atomic E-state index is 12.6. The van der Waals surface area contributed by atoms with Crippen LogP contribution in [0.4, 0.5) is 0 Å². The van der Waals surface area contributed by atoms with Crippen LogP contribution in [-0.4, -0.2) is 40.4 Å². The first-order valence-corrected chi connectivity index (χ1v) is 11.1. The van der Waals surface area contributed by atoms with E-state index in [-0.39, 0.29) is 12.1 Å². The van der Waals surface area contributed by atoms with E-state index in [1.165, 1.54) is 4.57 Å². The zero-order valence-electron chi connectivity index (χ0n) is 18.4. The molecule has 2 fully saturated rings. The molecular weight excluding hydrogens is 422 g/mol. The van der Waals surface area contributed by atoms with E-state index in [0.29, 0.717) is 31.9 Å². The number of rotatable bonds is 8. The highest BCUT2D eigenvalue weighted by Crippen LogP contribution is 2.43. The monoisotopic (exact) mass is 449 g/mol. The number of fused-ring (bicyclic) bond motifs is 2. The van der Waals surface area contributed by atoms with E-state index >= 15 is 0 Å². The highest BCUT2D eigenvalue weighted by Gasteiger charge is 2.62. The molecule has 2 N–H and O–H groups in total. The zero-order valence-corrected chi connectivity index (χ0v) is 18.4. The minimum Gasteiger partial charge on any atom is -0.374 e. The van der Waals surface area contributed by atoms with Crippen molar-refractivity contribution < 1.29 is 14.2 Å². The van der Waals surface area contributed by atoms with Crippen LogP contribution in [0.25, 0.3) is 0 Å². The van der Waals surface area contributed by atoms with Gasteiger partial charge in [-0.1, -0.05) is 60.7 Å². The average molecular weight is 450 g/mol. The summed E-state index contributed by atoms with van der Waals surface area (Å²) < 4.78 is 20.4. The summed E-state index contributed by atoms with van der Waals surface area (Å²) in [6.45, 7) is 3.37. The number of ether oxygens (including phenoxy) is 3. The topological polar surface area (TPSA) is 94.6 Å². The number of hydrogen-bond acceptors (Lipinski definition) is 6. The zero-order chi connectivity index (χ0) is 22.8. The minimum atomic E-state index is -0.762. The highest BCUT2D eigenvalue weighted by atomic mass is 16.6. The molecule has 0 unspecified atom stereocenters. The van der Waals surface area contributed by atoms with E-state index < -0.39 is 23.1 Å². The van der Waals surface area contributed by atoms with Crippen LogP contribution in [0.15, 0.2) is 76.4 Å². The van der Waals surface area contributed by atoms with Crippen molar-refractivity contribution in [3.63, 3.8) is 0 Å². The number of aromatic amines is 1. The van der Waals surface area contributed by atoms with Gasteiger partial charge in [-0.2, -0.15) is 0 Å². The standard InChI is InChI=1S/C25H27N3O5/c1-17-12-28(24(30)27-22(17)29)23-20-21(32-14-19-10-6-3-7-11-19)25(33-23,15-26-20)16-31-13-18-8-4-2-5-9-18/h2-12,20-21,23,26H,13-16H2,1H3,(H,27,29,30)/t20-,21+,23-,25-/m1/s1. The number of aromatic nitrogens is 2. The van der Waals surface area contributed by atoms with E-state index in [1.807, 2.05) is 60.7 Å². The smallest absolute Gasteiger partial charge is 0.330 e. The van der Waals surface area contributed by atoms with Gasteiger partial charge in [-0.15, -0.1) is 0 Å². The van der Waals surface area contributed by atoms with E-state index in [2.05, 4.69) is 10.3 Å². The molecule has 2 aliphatic rings. The van der Waals surface area contributed by atoms with Crippen molar-refractivity contribution in [1.29, 1.82) is 0 Å². The van der Waals surface area contributed by atoms with Crippen LogP contribution in [0.3, 0.4) is 0 Å². The van der Waals surface area contributed by atoms with Gasteiger partial charge in [-0.3, -0.25) is 14.3 Å². The quantitative estimate of drug-likeness (QED) is 0.546. The van der Waals surface area contributed by atoms with Gasteiger partial charge in [0.25, 0.3) is 5.56 Å². The first kappa shape index (κ1) is 21.8. The first-order chi connectivity index (χ1) is 16.1. The summed E-state index contributed by atoms with van der Waals surface area (Å²) in [5.41, 5.74) is 0.898. The van der Waals surface area contributed by atoms with E-state index in [1.54, 1.807) is 13.1 Å². The fourth-order valence-electron chi connectivity index (χ4n) is 4.60. The van der Waals surface area contributed by atoms with Crippen molar-refractivity contribution >= 4 is 0 Å². The summed E-state index contributed by atoms with van der Waals surface area (Å²) in [5, 5.41) is 3.46. The van der Waals surface area contributed by atoms with E-state index in [9.17, 15) is 9.59 Å². The highest BCUT2D eigenvalue weighted by molar-refractivity contribution is 5.17. The summed E-state index contributed by atoms with van der Waals surface area (Å²) in [4.78, 5) is 26.8. The largest absolute Gasteiger partial charge is 0.374 e. The molecule has 8 nitrogen and oxygen atoms in total. The molecule has 2 aromatic carbocycles. The van der Waals surface area contributed by atoms with Gasteiger partial charge >= 0.3 is 5.69 Å². The van der Waals surface area contributed by atoms with Gasteiger partial charge in [-0.05, 0) is 18.1 Å². The molecule has 1 aromatic heterocycles. The Morgan fingerprint density at radius 2 is 1.70 bits per heavy atom. The van der Waals surface area contributed by atoms with Gasteiger partial charge in [0.1, 0.15) is 11.7 Å². The Labute approximate surface area is 191 Å². The third-order valence-electron chi connectivity index (χ3n) is 6.29. The van der Waals surface area contributed by atoms with Crippen molar-refractivity contribution in [2.75, 3.05) is 13.2 Å². The van der Waals surface area contributed by atoms with Gasteiger partial charge in [0.05, 0.1) is 25.9 Å². The molecule has 172 valence electrons. The van der Waals surface area contributed by atoms with Crippen LogP contribution in [0, 0.1) is 6.92 Å². The second-order valence-electron chi connectivity index (χ2n) is 8.65. The van der Waals surface area contributed by atoms with Crippen molar-refractivity contribution in [3.05, 3.63) is 104 Å². The minimum absolute atomic E-state index is 0.267. The van der Waals surface area contributed by atoms with Crippen LogP contribution in [0.1, 0.15) is 22.9 Å². The molecule has 2 saturated heterocycles. The number of hydrogen-bond donors (Lipinski definition) is 2. The normalized spacial score (nSPS) is 26.0.